The minimum atomic E-state index is -0.446. The molecule has 0 spiro atoms. The van der Waals surface area contributed by atoms with Gasteiger partial charge in [0.05, 0.1) is 18.1 Å². The molecule has 3 aromatic rings. The van der Waals surface area contributed by atoms with E-state index in [4.69, 9.17) is 0 Å². The monoisotopic (exact) mass is 352 g/mol. The van der Waals surface area contributed by atoms with Crippen molar-refractivity contribution in [2.24, 2.45) is 0 Å². The summed E-state index contributed by atoms with van der Waals surface area (Å²) >= 11 is 0. The lowest BCUT2D eigenvalue weighted by Crippen LogP contribution is -2.44. The van der Waals surface area contributed by atoms with Crippen molar-refractivity contribution in [1.29, 1.82) is 0 Å². The Hall–Kier alpha value is -3.00. The number of fused-ring (bicyclic) bond motifs is 2. The van der Waals surface area contributed by atoms with Crippen LogP contribution in [0.25, 0.3) is 10.9 Å². The van der Waals surface area contributed by atoms with E-state index in [1.807, 2.05) is 29.8 Å². The Bertz CT molecular complexity index is 1020. The molecule has 0 fully saturated rings. The van der Waals surface area contributed by atoms with Crippen LogP contribution in [0.15, 0.2) is 41.5 Å². The van der Waals surface area contributed by atoms with Crippen LogP contribution in [0.5, 0.6) is 0 Å². The highest BCUT2D eigenvalue weighted by molar-refractivity contribution is 5.95. The standard InChI is InChI=1S/C18H20N6O2/c1-2-24-14-6-4-3-5-13(14)17(25)16(22-24)18(26)21-12-9-19-10-15-20-7-8-23(15)11-12/h3-8,12,19H,2,9-11H2,1H3,(H,21,26). The molecule has 0 bridgehead atoms. The largest absolute Gasteiger partial charge is 0.345 e. The Kier molecular flexibility index (Phi) is 4.26. The minimum Gasteiger partial charge on any atom is -0.345 e. The fourth-order valence-corrected chi connectivity index (χ4v) is 3.31. The number of nitrogens with one attached hydrogen (secondary N) is 2. The highest BCUT2D eigenvalue weighted by Crippen LogP contribution is 2.10. The number of hydrogen-bond donors (Lipinski definition) is 2. The van der Waals surface area contributed by atoms with Gasteiger partial charge in [-0.2, -0.15) is 5.10 Å². The van der Waals surface area contributed by atoms with E-state index in [2.05, 4.69) is 20.7 Å². The molecular formula is C18H20N6O2. The van der Waals surface area contributed by atoms with E-state index in [0.29, 0.717) is 31.6 Å². The van der Waals surface area contributed by atoms with Crippen LogP contribution >= 0.6 is 0 Å². The number of hydrogen-bond acceptors (Lipinski definition) is 5. The summed E-state index contributed by atoms with van der Waals surface area (Å²) in [7, 11) is 0. The first-order valence-corrected chi connectivity index (χ1v) is 8.69. The molecule has 1 aliphatic heterocycles. The molecule has 2 N–H and O–H groups in total. The summed E-state index contributed by atoms with van der Waals surface area (Å²) in [6, 6.07) is 7.06. The maximum atomic E-state index is 12.8. The van der Waals surface area contributed by atoms with Gasteiger partial charge in [-0.3, -0.25) is 14.3 Å². The molecule has 0 radical (unpaired) electrons. The van der Waals surface area contributed by atoms with Crippen molar-refractivity contribution in [3.8, 4) is 0 Å². The molecule has 1 amide bonds. The lowest BCUT2D eigenvalue weighted by molar-refractivity contribution is 0.0925. The molecular weight excluding hydrogens is 332 g/mol. The predicted octanol–water partition coefficient (Wildman–Crippen LogP) is 0.515. The van der Waals surface area contributed by atoms with Crippen molar-refractivity contribution in [3.63, 3.8) is 0 Å². The number of para-hydroxylation sites is 1. The number of carbonyl (C=O) groups excluding carboxylic acids is 1. The van der Waals surface area contributed by atoms with Crippen LogP contribution in [0.1, 0.15) is 23.2 Å². The highest BCUT2D eigenvalue weighted by atomic mass is 16.2. The van der Waals surface area contributed by atoms with Gasteiger partial charge in [-0.05, 0) is 19.1 Å². The molecule has 134 valence electrons. The quantitative estimate of drug-likeness (QED) is 0.717. The number of nitrogens with zero attached hydrogens (tertiary/aromatic N) is 4. The van der Waals surface area contributed by atoms with Gasteiger partial charge in [0.2, 0.25) is 5.43 Å². The fourth-order valence-electron chi connectivity index (χ4n) is 3.31. The molecule has 1 aliphatic rings. The van der Waals surface area contributed by atoms with E-state index in [1.165, 1.54) is 0 Å². The molecule has 0 saturated carbocycles. The predicted molar refractivity (Wildman–Crippen MR) is 96.9 cm³/mol. The van der Waals surface area contributed by atoms with Crippen molar-refractivity contribution in [3.05, 3.63) is 58.4 Å². The van der Waals surface area contributed by atoms with Gasteiger partial charge in [-0.15, -0.1) is 0 Å². The van der Waals surface area contributed by atoms with Crippen LogP contribution in [0.3, 0.4) is 0 Å². The molecule has 4 rings (SSSR count). The Morgan fingerprint density at radius 2 is 2.23 bits per heavy atom. The third kappa shape index (κ3) is 2.88. The van der Waals surface area contributed by atoms with Crippen LogP contribution in [0, 0.1) is 0 Å². The second-order valence-corrected chi connectivity index (χ2v) is 6.31. The molecule has 8 heteroatoms. The molecule has 1 atom stereocenters. The maximum Gasteiger partial charge on any atom is 0.276 e. The number of aromatic nitrogens is 4. The third-order valence-electron chi connectivity index (χ3n) is 4.61. The number of aryl methyl sites for hydroxylation is 1. The molecule has 26 heavy (non-hydrogen) atoms. The molecule has 0 saturated heterocycles. The molecule has 2 aromatic heterocycles. The van der Waals surface area contributed by atoms with E-state index >= 15 is 0 Å². The van der Waals surface area contributed by atoms with Crippen LogP contribution in [-0.2, 0) is 19.6 Å². The number of benzene rings is 1. The summed E-state index contributed by atoms with van der Waals surface area (Å²) in [5, 5.41) is 11.0. The molecule has 3 heterocycles. The van der Waals surface area contributed by atoms with Crippen molar-refractivity contribution < 1.29 is 4.79 Å². The Labute approximate surface area is 149 Å². The first kappa shape index (κ1) is 16.5. The van der Waals surface area contributed by atoms with Gasteiger partial charge in [0, 0.05) is 37.4 Å². The average molecular weight is 352 g/mol. The summed E-state index contributed by atoms with van der Waals surface area (Å²) in [6.07, 6.45) is 3.63. The van der Waals surface area contributed by atoms with Crippen LogP contribution < -0.4 is 16.1 Å². The number of carbonyl (C=O) groups is 1. The van der Waals surface area contributed by atoms with Gasteiger partial charge < -0.3 is 15.2 Å². The van der Waals surface area contributed by atoms with E-state index in [-0.39, 0.29) is 17.2 Å². The van der Waals surface area contributed by atoms with Crippen LogP contribution in [0.4, 0.5) is 0 Å². The van der Waals surface area contributed by atoms with Gasteiger partial charge in [-0.1, -0.05) is 12.1 Å². The molecule has 0 aliphatic carbocycles. The van der Waals surface area contributed by atoms with Crippen LogP contribution in [-0.4, -0.2) is 37.8 Å². The lowest BCUT2D eigenvalue weighted by Gasteiger charge is -2.17. The highest BCUT2D eigenvalue weighted by Gasteiger charge is 2.22. The van der Waals surface area contributed by atoms with E-state index in [9.17, 15) is 9.59 Å². The van der Waals surface area contributed by atoms with Crippen molar-refractivity contribution in [2.45, 2.75) is 32.6 Å². The second kappa shape index (κ2) is 6.72. The van der Waals surface area contributed by atoms with Gasteiger partial charge in [0.1, 0.15) is 5.82 Å². The second-order valence-electron chi connectivity index (χ2n) is 6.31. The SMILES string of the molecule is CCn1nc(C(=O)NC2CNCc3nccn3C2)c(=O)c2ccccc21. The van der Waals surface area contributed by atoms with Crippen LogP contribution in [0.2, 0.25) is 0 Å². The normalized spacial score (nSPS) is 16.9. The summed E-state index contributed by atoms with van der Waals surface area (Å²) in [5.41, 5.74) is 0.323. The zero-order valence-corrected chi connectivity index (χ0v) is 14.5. The zero-order chi connectivity index (χ0) is 18.1. The fraction of sp³-hybridized carbons (Fsp3) is 0.333. The van der Waals surface area contributed by atoms with E-state index < -0.39 is 5.91 Å². The smallest absolute Gasteiger partial charge is 0.276 e. The summed E-state index contributed by atoms with van der Waals surface area (Å²) in [4.78, 5) is 29.8. The number of imidazole rings is 1. The van der Waals surface area contributed by atoms with E-state index in [0.717, 1.165) is 11.3 Å². The van der Waals surface area contributed by atoms with Gasteiger partial charge >= 0.3 is 0 Å². The Balaban J connectivity index is 1.64. The van der Waals surface area contributed by atoms with Gasteiger partial charge in [-0.25, -0.2) is 4.98 Å². The molecule has 8 nitrogen and oxygen atoms in total. The third-order valence-corrected chi connectivity index (χ3v) is 4.61. The lowest BCUT2D eigenvalue weighted by atomic mass is 10.2. The topological polar surface area (TPSA) is 93.8 Å². The molecule has 1 unspecified atom stereocenters. The van der Waals surface area contributed by atoms with Crippen molar-refractivity contribution >= 4 is 16.8 Å². The minimum absolute atomic E-state index is 0.0688. The first-order valence-electron chi connectivity index (χ1n) is 8.69. The van der Waals surface area contributed by atoms with E-state index in [1.54, 1.807) is 23.0 Å². The first-order chi connectivity index (χ1) is 12.7. The number of rotatable bonds is 3. The van der Waals surface area contributed by atoms with Gasteiger partial charge in [0.25, 0.3) is 5.91 Å². The Morgan fingerprint density at radius 3 is 3.08 bits per heavy atom. The van der Waals surface area contributed by atoms with Gasteiger partial charge in [0.15, 0.2) is 5.69 Å². The average Bonchev–Trinajstić information content (AvgIpc) is 3.00. The van der Waals surface area contributed by atoms with Crippen molar-refractivity contribution in [1.82, 2.24) is 30.0 Å². The maximum absolute atomic E-state index is 12.8. The Morgan fingerprint density at radius 1 is 1.38 bits per heavy atom. The molecule has 1 aromatic carbocycles. The summed E-state index contributed by atoms with van der Waals surface area (Å²) < 4.78 is 3.69. The zero-order valence-electron chi connectivity index (χ0n) is 14.5. The summed E-state index contributed by atoms with van der Waals surface area (Å²) in [5.74, 6) is 0.484. The van der Waals surface area contributed by atoms with Crippen molar-refractivity contribution in [2.75, 3.05) is 6.54 Å². The summed E-state index contributed by atoms with van der Waals surface area (Å²) in [6.45, 7) is 4.36. The number of amides is 1.